The Morgan fingerprint density at radius 1 is 1.28 bits per heavy atom. The summed E-state index contributed by atoms with van der Waals surface area (Å²) in [6, 6.07) is 7.43. The molecule has 0 aliphatic heterocycles. The van der Waals surface area contributed by atoms with Gasteiger partial charge in [0, 0.05) is 24.5 Å². The molecule has 2 aromatic rings. The SMILES string of the molecule is Cc1nn(C)c(CC(N)c2ccc(Cl)cc2)c1Cl. The maximum absolute atomic E-state index is 6.21. The van der Waals surface area contributed by atoms with E-state index >= 15 is 0 Å². The summed E-state index contributed by atoms with van der Waals surface area (Å²) in [5, 5.41) is 5.68. The van der Waals surface area contributed by atoms with Crippen molar-refractivity contribution in [2.75, 3.05) is 0 Å². The van der Waals surface area contributed by atoms with Crippen LogP contribution in [0.25, 0.3) is 0 Å². The predicted octanol–water partition coefficient (Wildman–Crippen LogP) is 3.28. The van der Waals surface area contributed by atoms with E-state index in [-0.39, 0.29) is 6.04 Å². The summed E-state index contributed by atoms with van der Waals surface area (Å²) in [5.41, 5.74) is 9.00. The van der Waals surface area contributed by atoms with Gasteiger partial charge in [0.15, 0.2) is 0 Å². The summed E-state index contributed by atoms with van der Waals surface area (Å²) < 4.78 is 1.79. The maximum atomic E-state index is 6.21. The number of rotatable bonds is 3. The van der Waals surface area contributed by atoms with Crippen molar-refractivity contribution in [2.24, 2.45) is 12.8 Å². The van der Waals surface area contributed by atoms with Crippen molar-refractivity contribution in [2.45, 2.75) is 19.4 Å². The Labute approximate surface area is 117 Å². The Balaban J connectivity index is 2.21. The van der Waals surface area contributed by atoms with Gasteiger partial charge in [-0.05, 0) is 24.6 Å². The fourth-order valence-electron chi connectivity index (χ4n) is 1.94. The van der Waals surface area contributed by atoms with Crippen molar-refractivity contribution in [1.29, 1.82) is 0 Å². The van der Waals surface area contributed by atoms with Crippen molar-refractivity contribution < 1.29 is 0 Å². The van der Waals surface area contributed by atoms with Gasteiger partial charge in [0.25, 0.3) is 0 Å². The minimum Gasteiger partial charge on any atom is -0.324 e. The zero-order chi connectivity index (χ0) is 13.3. The first kappa shape index (κ1) is 13.4. The number of aryl methyl sites for hydroxylation is 2. The minimum atomic E-state index is -0.116. The molecule has 1 aromatic heterocycles. The lowest BCUT2D eigenvalue weighted by Gasteiger charge is -2.12. The third-order valence-electron chi connectivity index (χ3n) is 2.97. The van der Waals surface area contributed by atoms with Crippen molar-refractivity contribution in [3.05, 3.63) is 51.3 Å². The third kappa shape index (κ3) is 2.69. The highest BCUT2D eigenvalue weighted by Crippen LogP contribution is 2.25. The first-order valence-corrected chi connectivity index (χ1v) is 6.43. The van der Waals surface area contributed by atoms with Gasteiger partial charge >= 0.3 is 0 Å². The lowest BCUT2D eigenvalue weighted by atomic mass is 10.0. The molecule has 18 heavy (non-hydrogen) atoms. The molecule has 3 nitrogen and oxygen atoms in total. The number of benzene rings is 1. The molecule has 1 atom stereocenters. The first-order valence-electron chi connectivity index (χ1n) is 5.68. The van der Waals surface area contributed by atoms with E-state index < -0.39 is 0 Å². The van der Waals surface area contributed by atoms with E-state index in [2.05, 4.69) is 5.10 Å². The normalized spacial score (nSPS) is 12.7. The van der Waals surface area contributed by atoms with Crippen LogP contribution in [0.15, 0.2) is 24.3 Å². The second-order valence-corrected chi connectivity index (χ2v) is 5.15. The van der Waals surface area contributed by atoms with E-state index in [9.17, 15) is 0 Å². The van der Waals surface area contributed by atoms with Gasteiger partial charge in [-0.1, -0.05) is 35.3 Å². The molecule has 0 amide bonds. The van der Waals surface area contributed by atoms with Gasteiger partial charge in [-0.3, -0.25) is 4.68 Å². The van der Waals surface area contributed by atoms with Crippen molar-refractivity contribution >= 4 is 23.2 Å². The minimum absolute atomic E-state index is 0.116. The van der Waals surface area contributed by atoms with E-state index in [1.54, 1.807) is 4.68 Å². The Kier molecular flexibility index (Phi) is 3.95. The van der Waals surface area contributed by atoms with Crippen molar-refractivity contribution in [3.63, 3.8) is 0 Å². The molecule has 1 unspecified atom stereocenters. The van der Waals surface area contributed by atoms with E-state index in [0.717, 1.165) is 17.0 Å². The zero-order valence-electron chi connectivity index (χ0n) is 10.3. The van der Waals surface area contributed by atoms with Crippen molar-refractivity contribution in [1.82, 2.24) is 9.78 Å². The van der Waals surface area contributed by atoms with Crippen LogP contribution in [0.4, 0.5) is 0 Å². The van der Waals surface area contributed by atoms with Gasteiger partial charge in [-0.15, -0.1) is 0 Å². The van der Waals surface area contributed by atoms with Gasteiger partial charge in [0.2, 0.25) is 0 Å². The average molecular weight is 284 g/mol. The zero-order valence-corrected chi connectivity index (χ0v) is 11.8. The molecular weight excluding hydrogens is 269 g/mol. The Morgan fingerprint density at radius 2 is 1.89 bits per heavy atom. The van der Waals surface area contributed by atoms with Crippen LogP contribution in [0.2, 0.25) is 10.0 Å². The van der Waals surface area contributed by atoms with Crippen LogP contribution in [-0.2, 0) is 13.5 Å². The van der Waals surface area contributed by atoms with Crippen LogP contribution in [0.3, 0.4) is 0 Å². The Hall–Kier alpha value is -1.03. The second-order valence-electron chi connectivity index (χ2n) is 4.33. The summed E-state index contributed by atoms with van der Waals surface area (Å²) in [6.07, 6.45) is 0.651. The number of hydrogen-bond donors (Lipinski definition) is 1. The van der Waals surface area contributed by atoms with Gasteiger partial charge < -0.3 is 5.73 Å². The molecule has 0 saturated heterocycles. The Bertz CT molecular complexity index is 546. The molecule has 0 fully saturated rings. The van der Waals surface area contributed by atoms with Crippen molar-refractivity contribution in [3.8, 4) is 0 Å². The van der Waals surface area contributed by atoms with E-state index in [1.165, 1.54) is 0 Å². The molecule has 5 heteroatoms. The molecular formula is C13H15Cl2N3. The van der Waals surface area contributed by atoms with Gasteiger partial charge in [-0.25, -0.2) is 0 Å². The highest BCUT2D eigenvalue weighted by Gasteiger charge is 2.15. The Morgan fingerprint density at radius 3 is 2.39 bits per heavy atom. The summed E-state index contributed by atoms with van der Waals surface area (Å²) in [7, 11) is 1.88. The number of hydrogen-bond acceptors (Lipinski definition) is 2. The van der Waals surface area contributed by atoms with E-state index in [4.69, 9.17) is 28.9 Å². The van der Waals surface area contributed by atoms with Crippen LogP contribution in [0.1, 0.15) is 23.0 Å². The summed E-state index contributed by atoms with van der Waals surface area (Å²) in [4.78, 5) is 0. The molecule has 0 aliphatic carbocycles. The smallest absolute Gasteiger partial charge is 0.0847 e. The number of aromatic nitrogens is 2. The fourth-order valence-corrected chi connectivity index (χ4v) is 2.30. The number of halogens is 2. The average Bonchev–Trinajstić information content (AvgIpc) is 2.57. The third-order valence-corrected chi connectivity index (χ3v) is 3.72. The monoisotopic (exact) mass is 283 g/mol. The molecule has 1 heterocycles. The lowest BCUT2D eigenvalue weighted by Crippen LogP contribution is -2.15. The quantitative estimate of drug-likeness (QED) is 0.940. The molecule has 0 spiro atoms. The molecule has 2 N–H and O–H groups in total. The molecule has 0 saturated carbocycles. The summed E-state index contributed by atoms with van der Waals surface area (Å²) in [6.45, 7) is 1.89. The summed E-state index contributed by atoms with van der Waals surface area (Å²) >= 11 is 12.1. The summed E-state index contributed by atoms with van der Waals surface area (Å²) in [5.74, 6) is 0. The predicted molar refractivity (Wildman–Crippen MR) is 75.0 cm³/mol. The van der Waals surface area contributed by atoms with Crippen LogP contribution < -0.4 is 5.73 Å². The molecule has 2 rings (SSSR count). The van der Waals surface area contributed by atoms with Gasteiger partial charge in [-0.2, -0.15) is 5.10 Å². The highest BCUT2D eigenvalue weighted by atomic mass is 35.5. The lowest BCUT2D eigenvalue weighted by molar-refractivity contribution is 0.640. The second kappa shape index (κ2) is 5.31. The fraction of sp³-hybridized carbons (Fsp3) is 0.308. The molecule has 1 aromatic carbocycles. The van der Waals surface area contributed by atoms with Gasteiger partial charge in [0.05, 0.1) is 16.4 Å². The van der Waals surface area contributed by atoms with Crippen LogP contribution in [0.5, 0.6) is 0 Å². The largest absolute Gasteiger partial charge is 0.324 e. The molecule has 0 bridgehead atoms. The van der Waals surface area contributed by atoms with Crippen LogP contribution in [0, 0.1) is 6.92 Å². The topological polar surface area (TPSA) is 43.8 Å². The van der Waals surface area contributed by atoms with Crippen LogP contribution in [-0.4, -0.2) is 9.78 Å². The highest BCUT2D eigenvalue weighted by molar-refractivity contribution is 6.31. The maximum Gasteiger partial charge on any atom is 0.0847 e. The molecule has 0 radical (unpaired) electrons. The molecule has 96 valence electrons. The molecule has 0 aliphatic rings. The first-order chi connectivity index (χ1) is 8.49. The number of nitrogens with two attached hydrogens (primary N) is 1. The van der Waals surface area contributed by atoms with Gasteiger partial charge in [0.1, 0.15) is 0 Å². The van der Waals surface area contributed by atoms with E-state index in [1.807, 2.05) is 38.2 Å². The van der Waals surface area contributed by atoms with Crippen LogP contribution >= 0.6 is 23.2 Å². The van der Waals surface area contributed by atoms with E-state index in [0.29, 0.717) is 16.5 Å². The standard InChI is InChI=1S/C13H15Cl2N3/c1-8-13(15)12(18(2)17-8)7-11(16)9-3-5-10(14)6-4-9/h3-6,11H,7,16H2,1-2H3. The number of nitrogens with zero attached hydrogens (tertiary/aromatic N) is 2.